The van der Waals surface area contributed by atoms with Crippen LogP contribution in [0.1, 0.15) is 11.6 Å². The van der Waals surface area contributed by atoms with Crippen molar-refractivity contribution in [2.24, 2.45) is 11.5 Å². The molecule has 0 atom stereocenters. The fraction of sp³-hybridized carbons (Fsp3) is 0.0909. The van der Waals surface area contributed by atoms with Gasteiger partial charge in [-0.1, -0.05) is 42.5 Å². The minimum Gasteiger partial charge on any atom is -0.341 e. The molecule has 0 bridgehead atoms. The van der Waals surface area contributed by atoms with Gasteiger partial charge in [-0.15, -0.1) is 0 Å². The van der Waals surface area contributed by atoms with Crippen molar-refractivity contribution in [3.05, 3.63) is 72.4 Å². The molecular formula is C22H20N6. The van der Waals surface area contributed by atoms with Crippen molar-refractivity contribution >= 4 is 21.8 Å². The largest absolute Gasteiger partial charge is 0.341 e. The maximum atomic E-state index is 5.72. The van der Waals surface area contributed by atoms with E-state index >= 15 is 0 Å². The number of benzene rings is 3. The van der Waals surface area contributed by atoms with Gasteiger partial charge in [0.15, 0.2) is 0 Å². The number of hydrogen-bond donors (Lipinski definition) is 4. The van der Waals surface area contributed by atoms with Gasteiger partial charge in [-0.05, 0) is 34.2 Å². The molecule has 0 aliphatic heterocycles. The van der Waals surface area contributed by atoms with E-state index in [4.69, 9.17) is 11.5 Å². The monoisotopic (exact) mass is 368 g/mol. The van der Waals surface area contributed by atoms with Crippen LogP contribution in [0.25, 0.3) is 44.2 Å². The average molecular weight is 368 g/mol. The van der Waals surface area contributed by atoms with E-state index in [1.165, 1.54) is 5.56 Å². The Morgan fingerprint density at radius 3 is 2.25 bits per heavy atom. The van der Waals surface area contributed by atoms with Crippen LogP contribution >= 0.6 is 0 Å². The third kappa shape index (κ3) is 2.76. The molecule has 2 aromatic heterocycles. The van der Waals surface area contributed by atoms with Crippen LogP contribution in [-0.2, 0) is 13.1 Å². The van der Waals surface area contributed by atoms with Crippen molar-refractivity contribution in [3.63, 3.8) is 0 Å². The van der Waals surface area contributed by atoms with E-state index in [2.05, 4.69) is 74.5 Å². The molecule has 28 heavy (non-hydrogen) atoms. The van der Waals surface area contributed by atoms with Crippen LogP contribution in [0, 0.1) is 0 Å². The zero-order chi connectivity index (χ0) is 19.1. The summed E-state index contributed by atoms with van der Waals surface area (Å²) in [5, 5.41) is 2.28. The Hall–Kier alpha value is -3.48. The van der Waals surface area contributed by atoms with E-state index < -0.39 is 0 Å². The predicted molar refractivity (Wildman–Crippen MR) is 112 cm³/mol. The van der Waals surface area contributed by atoms with E-state index in [9.17, 15) is 0 Å². The lowest BCUT2D eigenvalue weighted by atomic mass is 9.99. The van der Waals surface area contributed by atoms with Crippen LogP contribution < -0.4 is 11.5 Å². The molecule has 0 fully saturated rings. The van der Waals surface area contributed by atoms with Crippen LogP contribution in [0.2, 0.25) is 0 Å². The van der Waals surface area contributed by atoms with Gasteiger partial charge in [0.05, 0.1) is 36.0 Å². The highest BCUT2D eigenvalue weighted by molar-refractivity contribution is 6.05. The minimum absolute atomic E-state index is 0.406. The number of hydrogen-bond acceptors (Lipinski definition) is 4. The summed E-state index contributed by atoms with van der Waals surface area (Å²) in [4.78, 5) is 15.4. The van der Waals surface area contributed by atoms with Crippen LogP contribution in [0.15, 0.2) is 60.8 Å². The molecule has 3 aromatic carbocycles. The number of rotatable bonds is 4. The van der Waals surface area contributed by atoms with Gasteiger partial charge in [0.1, 0.15) is 11.6 Å². The lowest BCUT2D eigenvalue weighted by molar-refractivity contribution is 0.950. The van der Waals surface area contributed by atoms with Crippen molar-refractivity contribution in [2.45, 2.75) is 13.1 Å². The highest BCUT2D eigenvalue weighted by Crippen LogP contribution is 2.30. The van der Waals surface area contributed by atoms with Crippen LogP contribution in [0.5, 0.6) is 0 Å². The molecule has 5 aromatic rings. The number of fused-ring (bicyclic) bond motifs is 3. The molecule has 6 N–H and O–H groups in total. The van der Waals surface area contributed by atoms with E-state index in [1.54, 1.807) is 0 Å². The fourth-order valence-corrected chi connectivity index (χ4v) is 3.58. The Morgan fingerprint density at radius 2 is 1.50 bits per heavy atom. The summed E-state index contributed by atoms with van der Waals surface area (Å²) in [6.45, 7) is 0.814. The van der Waals surface area contributed by atoms with Gasteiger partial charge in [0.25, 0.3) is 0 Å². The van der Waals surface area contributed by atoms with Gasteiger partial charge in [-0.25, -0.2) is 9.97 Å². The number of imidazole rings is 2. The lowest BCUT2D eigenvalue weighted by Crippen LogP contribution is -1.97. The molecule has 5 rings (SSSR count). The second kappa shape index (κ2) is 6.60. The normalized spacial score (nSPS) is 11.5. The molecule has 2 heterocycles. The SMILES string of the molecule is NCc1ncc(-c2ccc(-c3ccc4c(ccc5[nH]c(CN)nc54)c3)cc2)[nH]1. The molecule has 0 spiro atoms. The van der Waals surface area contributed by atoms with Gasteiger partial charge in [0.2, 0.25) is 0 Å². The minimum atomic E-state index is 0.406. The fourth-order valence-electron chi connectivity index (χ4n) is 3.58. The number of nitrogens with two attached hydrogens (primary N) is 2. The Bertz CT molecular complexity index is 1280. The second-order valence-electron chi connectivity index (χ2n) is 6.81. The molecule has 6 nitrogen and oxygen atoms in total. The summed E-state index contributed by atoms with van der Waals surface area (Å²) >= 11 is 0. The first kappa shape index (κ1) is 16.7. The summed E-state index contributed by atoms with van der Waals surface area (Å²) in [6, 6.07) is 19.1. The predicted octanol–water partition coefficient (Wildman–Crippen LogP) is 3.69. The first-order valence-corrected chi connectivity index (χ1v) is 9.21. The summed E-state index contributed by atoms with van der Waals surface area (Å²) in [7, 11) is 0. The Kier molecular flexibility index (Phi) is 3.93. The Balaban J connectivity index is 1.52. The maximum absolute atomic E-state index is 5.72. The highest BCUT2D eigenvalue weighted by atomic mass is 14.9. The van der Waals surface area contributed by atoms with Crippen LogP contribution in [0.4, 0.5) is 0 Å². The summed E-state index contributed by atoms with van der Waals surface area (Å²) in [5.41, 5.74) is 17.7. The topological polar surface area (TPSA) is 109 Å². The van der Waals surface area contributed by atoms with Gasteiger partial charge >= 0.3 is 0 Å². The van der Waals surface area contributed by atoms with Crippen LogP contribution in [0.3, 0.4) is 0 Å². The third-order valence-corrected chi connectivity index (χ3v) is 5.06. The zero-order valence-electron chi connectivity index (χ0n) is 15.2. The van der Waals surface area contributed by atoms with Crippen molar-refractivity contribution < 1.29 is 0 Å². The number of H-pyrrole nitrogens is 2. The maximum Gasteiger partial charge on any atom is 0.121 e. The number of nitrogens with zero attached hydrogens (tertiary/aromatic N) is 2. The Labute approximate surface area is 161 Å². The van der Waals surface area contributed by atoms with Crippen molar-refractivity contribution in [2.75, 3.05) is 0 Å². The van der Waals surface area contributed by atoms with Gasteiger partial charge in [-0.2, -0.15) is 0 Å². The molecule has 138 valence electrons. The number of nitrogens with one attached hydrogen (secondary N) is 2. The smallest absolute Gasteiger partial charge is 0.121 e. The van der Waals surface area contributed by atoms with E-state index in [0.29, 0.717) is 13.1 Å². The van der Waals surface area contributed by atoms with Crippen molar-refractivity contribution in [1.82, 2.24) is 19.9 Å². The second-order valence-corrected chi connectivity index (χ2v) is 6.81. The summed E-state index contributed by atoms with van der Waals surface area (Å²) < 4.78 is 0. The first-order chi connectivity index (χ1) is 13.7. The molecule has 6 heteroatoms. The Morgan fingerprint density at radius 1 is 0.750 bits per heavy atom. The molecule has 0 amide bonds. The highest BCUT2D eigenvalue weighted by Gasteiger charge is 2.08. The van der Waals surface area contributed by atoms with E-state index in [0.717, 1.165) is 50.3 Å². The zero-order valence-corrected chi connectivity index (χ0v) is 15.2. The van der Waals surface area contributed by atoms with Gasteiger partial charge in [0, 0.05) is 5.39 Å². The molecular weight excluding hydrogens is 348 g/mol. The average Bonchev–Trinajstić information content (AvgIpc) is 3.40. The standard InChI is InChI=1S/C22H20N6/c23-10-20-25-12-19(27-20)14-3-1-13(2-4-14)15-5-7-17-16(9-15)6-8-18-22(17)28-21(11-24)26-18/h1-9,12H,10-11,23-24H2,(H,25,27)(H,26,28). The first-order valence-electron chi connectivity index (χ1n) is 9.21. The molecule has 0 aliphatic carbocycles. The number of aromatic amines is 2. The van der Waals surface area contributed by atoms with E-state index in [-0.39, 0.29) is 0 Å². The quantitative estimate of drug-likeness (QED) is 0.388. The third-order valence-electron chi connectivity index (χ3n) is 5.06. The van der Waals surface area contributed by atoms with Crippen molar-refractivity contribution in [3.8, 4) is 22.4 Å². The molecule has 0 radical (unpaired) electrons. The van der Waals surface area contributed by atoms with Crippen LogP contribution in [-0.4, -0.2) is 19.9 Å². The van der Waals surface area contributed by atoms with Gasteiger partial charge < -0.3 is 21.4 Å². The molecule has 0 unspecified atom stereocenters. The summed E-state index contributed by atoms with van der Waals surface area (Å²) in [6.07, 6.45) is 1.82. The summed E-state index contributed by atoms with van der Waals surface area (Å²) in [5.74, 6) is 1.59. The van der Waals surface area contributed by atoms with E-state index in [1.807, 2.05) is 6.20 Å². The molecule has 0 saturated carbocycles. The molecule has 0 saturated heterocycles. The molecule has 0 aliphatic rings. The number of aromatic nitrogens is 4. The van der Waals surface area contributed by atoms with Crippen molar-refractivity contribution in [1.29, 1.82) is 0 Å². The lowest BCUT2D eigenvalue weighted by Gasteiger charge is -2.06. The van der Waals surface area contributed by atoms with Gasteiger partial charge in [-0.3, -0.25) is 0 Å².